The zero-order chi connectivity index (χ0) is 66.3. The maximum Gasteiger partial charge on any atom is 0.472 e. The minimum atomic E-state index is -4.95. The normalized spacial score (nSPS) is 14.1. The monoisotopic (exact) mass is 1320 g/mol. The van der Waals surface area contributed by atoms with Crippen LogP contribution >= 0.6 is 15.6 Å². The van der Waals surface area contributed by atoms with Crippen molar-refractivity contribution >= 4 is 39.5 Å². The van der Waals surface area contributed by atoms with Crippen LogP contribution in [0.25, 0.3) is 0 Å². The molecule has 0 aromatic heterocycles. The van der Waals surface area contributed by atoms with Gasteiger partial charge >= 0.3 is 39.5 Å². The zero-order valence-corrected chi connectivity index (χ0v) is 60.1. The van der Waals surface area contributed by atoms with Gasteiger partial charge in [-0.25, -0.2) is 9.13 Å². The zero-order valence-electron chi connectivity index (χ0n) is 58.3. The number of hydrogen-bond acceptors (Lipinski definition) is 15. The Bertz CT molecular complexity index is 1740. The molecule has 3 N–H and O–H groups in total. The SMILES string of the molecule is CCCCCCCCCCCCCCCCCC(=O)OC[C@H](COP(=O)(O)OC[C@@H](O)COP(=O)(O)OC[C@@H](COC(=O)CCCCCCCCC)OC(=O)CCCCCCCCCCCCC)OC(=O)CCCCCCCCCCCCCCCCC(C)C. The molecule has 2 unspecified atom stereocenters. The molecule has 5 atom stereocenters. The van der Waals surface area contributed by atoms with Crippen molar-refractivity contribution in [3.63, 3.8) is 0 Å². The first kappa shape index (κ1) is 88.1. The van der Waals surface area contributed by atoms with Crippen molar-refractivity contribution in [1.29, 1.82) is 0 Å². The Kier molecular flexibility index (Phi) is 63.0. The predicted octanol–water partition coefficient (Wildman–Crippen LogP) is 20.5. The Hall–Kier alpha value is -1.94. The van der Waals surface area contributed by atoms with Gasteiger partial charge in [-0.3, -0.25) is 37.3 Å². The Labute approximate surface area is 549 Å². The molecule has 0 fully saturated rings. The van der Waals surface area contributed by atoms with E-state index < -0.39 is 97.5 Å². The topological polar surface area (TPSA) is 237 Å². The molecule has 0 aromatic rings. The number of aliphatic hydroxyl groups excluding tert-OH is 1. The van der Waals surface area contributed by atoms with Crippen molar-refractivity contribution in [3.05, 3.63) is 0 Å². The van der Waals surface area contributed by atoms with E-state index >= 15 is 0 Å². The summed E-state index contributed by atoms with van der Waals surface area (Å²) in [5.41, 5.74) is 0. The van der Waals surface area contributed by atoms with Gasteiger partial charge < -0.3 is 33.8 Å². The van der Waals surface area contributed by atoms with E-state index in [0.717, 1.165) is 109 Å². The van der Waals surface area contributed by atoms with Gasteiger partial charge in [0.25, 0.3) is 0 Å². The van der Waals surface area contributed by atoms with Gasteiger partial charge in [0.15, 0.2) is 12.2 Å². The molecule has 0 amide bonds. The number of carbonyl (C=O) groups excluding carboxylic acids is 4. The summed E-state index contributed by atoms with van der Waals surface area (Å²) in [4.78, 5) is 72.4. The summed E-state index contributed by atoms with van der Waals surface area (Å²) in [7, 11) is -9.89. The van der Waals surface area contributed by atoms with Gasteiger partial charge in [-0.2, -0.15) is 0 Å². The van der Waals surface area contributed by atoms with Crippen LogP contribution in [-0.4, -0.2) is 96.7 Å². The van der Waals surface area contributed by atoms with Crippen LogP contribution in [0.5, 0.6) is 0 Å². The van der Waals surface area contributed by atoms with Gasteiger partial charge in [0.2, 0.25) is 0 Å². The van der Waals surface area contributed by atoms with Crippen molar-refractivity contribution < 1.29 is 80.2 Å². The molecular formula is C71H138O17P2. The first-order chi connectivity index (χ1) is 43.5. The smallest absolute Gasteiger partial charge is 0.462 e. The first-order valence-corrected chi connectivity index (χ1v) is 40.1. The number of unbranched alkanes of at least 4 members (excludes halogenated alkanes) is 43. The number of phosphoric acid groups is 2. The number of aliphatic hydroxyl groups is 1. The molecule has 19 heteroatoms. The van der Waals surface area contributed by atoms with E-state index in [1.54, 1.807) is 0 Å². The maximum atomic E-state index is 13.0. The molecule has 0 radical (unpaired) electrons. The minimum Gasteiger partial charge on any atom is -0.462 e. The highest BCUT2D eigenvalue weighted by Gasteiger charge is 2.30. The van der Waals surface area contributed by atoms with Gasteiger partial charge in [-0.05, 0) is 31.6 Å². The van der Waals surface area contributed by atoms with Crippen molar-refractivity contribution in [1.82, 2.24) is 0 Å². The molecule has 0 bridgehead atoms. The molecule has 0 heterocycles. The number of phosphoric ester groups is 2. The number of esters is 4. The van der Waals surface area contributed by atoms with Crippen LogP contribution in [-0.2, 0) is 65.4 Å². The van der Waals surface area contributed by atoms with Crippen LogP contribution in [0.15, 0.2) is 0 Å². The van der Waals surface area contributed by atoms with E-state index in [9.17, 15) is 43.2 Å². The largest absolute Gasteiger partial charge is 0.472 e. The van der Waals surface area contributed by atoms with Crippen molar-refractivity contribution in [2.45, 2.75) is 387 Å². The second-order valence-electron chi connectivity index (χ2n) is 26.1. The van der Waals surface area contributed by atoms with Gasteiger partial charge in [0, 0.05) is 25.7 Å². The lowest BCUT2D eigenvalue weighted by molar-refractivity contribution is -0.161. The third-order valence-electron chi connectivity index (χ3n) is 16.5. The van der Waals surface area contributed by atoms with Crippen molar-refractivity contribution in [3.8, 4) is 0 Å². The molecule has 534 valence electrons. The highest BCUT2D eigenvalue weighted by Crippen LogP contribution is 2.45. The molecule has 0 aromatic carbocycles. The fourth-order valence-electron chi connectivity index (χ4n) is 10.8. The van der Waals surface area contributed by atoms with Crippen molar-refractivity contribution in [2.75, 3.05) is 39.6 Å². The lowest BCUT2D eigenvalue weighted by atomic mass is 10.0. The van der Waals surface area contributed by atoms with E-state index in [2.05, 4.69) is 34.6 Å². The molecular weight excluding hydrogens is 1190 g/mol. The average molecular weight is 1330 g/mol. The Morgan fingerprint density at radius 3 is 0.756 bits per heavy atom. The van der Waals surface area contributed by atoms with E-state index in [1.165, 1.54) is 180 Å². The van der Waals surface area contributed by atoms with Crippen LogP contribution in [0.4, 0.5) is 0 Å². The van der Waals surface area contributed by atoms with E-state index in [-0.39, 0.29) is 25.7 Å². The molecule has 90 heavy (non-hydrogen) atoms. The quantitative estimate of drug-likeness (QED) is 0.0222. The molecule has 0 rings (SSSR count). The molecule has 0 aliphatic rings. The summed E-state index contributed by atoms with van der Waals surface area (Å²) in [5.74, 6) is -1.33. The fourth-order valence-corrected chi connectivity index (χ4v) is 12.4. The second-order valence-corrected chi connectivity index (χ2v) is 29.0. The average Bonchev–Trinajstić information content (AvgIpc) is 3.73. The molecule has 0 saturated carbocycles. The van der Waals surface area contributed by atoms with E-state index in [4.69, 9.17) is 37.0 Å². The molecule has 17 nitrogen and oxygen atoms in total. The number of carbonyl (C=O) groups is 4. The second kappa shape index (κ2) is 64.4. The highest BCUT2D eigenvalue weighted by molar-refractivity contribution is 7.47. The lowest BCUT2D eigenvalue weighted by Crippen LogP contribution is -2.30. The van der Waals surface area contributed by atoms with Crippen LogP contribution in [0.1, 0.15) is 369 Å². The standard InChI is InChI=1S/C71H138O17P2/c1-6-9-12-15-18-20-22-23-24-28-32-35-40-45-50-55-69(74)82-61-67(88-71(76)57-52-47-42-37-33-29-26-25-27-31-34-39-43-48-53-64(4)5)63-86-90(79,80)84-59-65(72)58-83-89(77,78)85-62-66(60-81-68(73)54-49-44-38-17-14-11-8-3)87-70(75)56-51-46-41-36-30-21-19-16-13-10-7-2/h64-67,72H,6-63H2,1-5H3,(H,77,78)(H,79,80)/t65-,66+,67+/m0/s1. The molecule has 0 aliphatic carbocycles. The predicted molar refractivity (Wildman–Crippen MR) is 363 cm³/mol. The summed E-state index contributed by atoms with van der Waals surface area (Å²) < 4.78 is 68.2. The minimum absolute atomic E-state index is 0.107. The number of hydrogen-bond donors (Lipinski definition) is 3. The third-order valence-corrected chi connectivity index (χ3v) is 18.4. The highest BCUT2D eigenvalue weighted by atomic mass is 31.2. The Morgan fingerprint density at radius 1 is 0.300 bits per heavy atom. The summed E-state index contributed by atoms with van der Waals surface area (Å²) in [5, 5.41) is 10.6. The third kappa shape index (κ3) is 64.8. The molecule has 0 aliphatic heterocycles. The van der Waals surface area contributed by atoms with Crippen LogP contribution in [0, 0.1) is 5.92 Å². The summed E-state index contributed by atoms with van der Waals surface area (Å²) in [6.07, 6.45) is 51.4. The molecule has 0 saturated heterocycles. The van der Waals surface area contributed by atoms with Gasteiger partial charge in [-0.15, -0.1) is 0 Å². The summed E-state index contributed by atoms with van der Waals surface area (Å²) >= 11 is 0. The Balaban J connectivity index is 5.20. The van der Waals surface area contributed by atoms with Crippen molar-refractivity contribution in [2.24, 2.45) is 5.92 Å². The van der Waals surface area contributed by atoms with Gasteiger partial charge in [-0.1, -0.05) is 317 Å². The van der Waals surface area contributed by atoms with E-state index in [0.29, 0.717) is 25.7 Å². The fraction of sp³-hybridized carbons (Fsp3) is 0.944. The number of ether oxygens (including phenoxy) is 4. The maximum absolute atomic E-state index is 13.0. The van der Waals surface area contributed by atoms with Crippen LogP contribution < -0.4 is 0 Å². The Morgan fingerprint density at radius 2 is 0.511 bits per heavy atom. The van der Waals surface area contributed by atoms with Gasteiger partial charge in [0.1, 0.15) is 19.3 Å². The summed E-state index contributed by atoms with van der Waals surface area (Å²) in [6, 6.07) is 0. The molecule has 0 spiro atoms. The first-order valence-electron chi connectivity index (χ1n) is 37.1. The lowest BCUT2D eigenvalue weighted by Gasteiger charge is -2.21. The van der Waals surface area contributed by atoms with Crippen LogP contribution in [0.3, 0.4) is 0 Å². The number of rotatable bonds is 71. The van der Waals surface area contributed by atoms with E-state index in [1.807, 2.05) is 0 Å². The van der Waals surface area contributed by atoms with Gasteiger partial charge in [0.05, 0.1) is 26.4 Å². The van der Waals surface area contributed by atoms with Crippen LogP contribution in [0.2, 0.25) is 0 Å². The summed E-state index contributed by atoms with van der Waals surface area (Å²) in [6.45, 7) is 7.24.